The zero-order valence-corrected chi connectivity index (χ0v) is 12.0. The summed E-state index contributed by atoms with van der Waals surface area (Å²) < 4.78 is 4.86. The van der Waals surface area contributed by atoms with Crippen LogP contribution in [0.25, 0.3) is 11.3 Å². The highest BCUT2D eigenvalue weighted by atomic mass is 35.5. The number of thiazole rings is 1. The molecule has 1 heterocycles. The zero-order valence-electron chi connectivity index (χ0n) is 10.5. The van der Waals surface area contributed by atoms with Gasteiger partial charge >= 0.3 is 0 Å². The van der Waals surface area contributed by atoms with E-state index >= 15 is 0 Å². The van der Waals surface area contributed by atoms with Crippen molar-refractivity contribution in [1.82, 2.24) is 4.98 Å². The second kappa shape index (κ2) is 6.86. The summed E-state index contributed by atoms with van der Waals surface area (Å²) in [6, 6.07) is 7.58. The molecule has 0 amide bonds. The number of hydrogen-bond acceptors (Lipinski definition) is 5. The van der Waals surface area contributed by atoms with Gasteiger partial charge in [0.15, 0.2) is 5.13 Å². The minimum absolute atomic E-state index is 0.301. The molecule has 0 fully saturated rings. The third kappa shape index (κ3) is 3.91. The molecule has 0 saturated heterocycles. The van der Waals surface area contributed by atoms with Gasteiger partial charge in [0.05, 0.1) is 18.4 Å². The molecule has 0 aliphatic carbocycles. The van der Waals surface area contributed by atoms with Gasteiger partial charge in [0.2, 0.25) is 0 Å². The van der Waals surface area contributed by atoms with Gasteiger partial charge < -0.3 is 15.2 Å². The van der Waals surface area contributed by atoms with E-state index in [1.165, 1.54) is 11.3 Å². The summed E-state index contributed by atoms with van der Waals surface area (Å²) in [5.74, 6) is 0. The Morgan fingerprint density at radius 3 is 3.00 bits per heavy atom. The summed E-state index contributed by atoms with van der Waals surface area (Å²) in [4.78, 5) is 4.44. The molecule has 2 rings (SSSR count). The fraction of sp³-hybridized carbons (Fsp3) is 0.308. The van der Waals surface area contributed by atoms with Gasteiger partial charge in [0.25, 0.3) is 0 Å². The number of aromatic nitrogens is 1. The van der Waals surface area contributed by atoms with Crippen LogP contribution in [0.1, 0.15) is 0 Å². The molecule has 102 valence electrons. The largest absolute Gasteiger partial charge is 0.389 e. The summed E-state index contributed by atoms with van der Waals surface area (Å²) in [5, 5.41) is 16.0. The van der Waals surface area contributed by atoms with Crippen LogP contribution < -0.4 is 5.32 Å². The van der Waals surface area contributed by atoms with Gasteiger partial charge in [0, 0.05) is 29.6 Å². The first-order valence-electron chi connectivity index (χ1n) is 5.82. The van der Waals surface area contributed by atoms with Gasteiger partial charge in [-0.25, -0.2) is 4.98 Å². The lowest BCUT2D eigenvalue weighted by Crippen LogP contribution is -2.24. The number of hydrogen-bond donors (Lipinski definition) is 2. The van der Waals surface area contributed by atoms with Crippen molar-refractivity contribution in [1.29, 1.82) is 0 Å². The molecular weight excluding hydrogens is 284 g/mol. The molecule has 1 aromatic heterocycles. The lowest BCUT2D eigenvalue weighted by Gasteiger charge is -2.09. The normalized spacial score (nSPS) is 12.4. The Balaban J connectivity index is 2.02. The average Bonchev–Trinajstić information content (AvgIpc) is 2.86. The summed E-state index contributed by atoms with van der Waals surface area (Å²) in [6.45, 7) is 0.707. The Hall–Kier alpha value is -1.14. The van der Waals surface area contributed by atoms with Gasteiger partial charge in [0.1, 0.15) is 0 Å². The quantitative estimate of drug-likeness (QED) is 0.861. The van der Waals surface area contributed by atoms with E-state index in [1.807, 2.05) is 29.6 Å². The molecule has 2 N–H and O–H groups in total. The Kier molecular flexibility index (Phi) is 5.15. The number of aliphatic hydroxyl groups is 1. The molecule has 1 aromatic carbocycles. The first-order valence-corrected chi connectivity index (χ1v) is 7.07. The topological polar surface area (TPSA) is 54.4 Å². The van der Waals surface area contributed by atoms with E-state index in [4.69, 9.17) is 16.3 Å². The number of aliphatic hydroxyl groups excluding tert-OH is 1. The van der Waals surface area contributed by atoms with E-state index in [0.29, 0.717) is 18.2 Å². The molecule has 0 aliphatic heterocycles. The third-order valence-corrected chi connectivity index (χ3v) is 3.63. The van der Waals surface area contributed by atoms with Gasteiger partial charge in [-0.3, -0.25) is 0 Å². The maximum Gasteiger partial charge on any atom is 0.183 e. The van der Waals surface area contributed by atoms with Crippen LogP contribution in [0.5, 0.6) is 0 Å². The van der Waals surface area contributed by atoms with E-state index in [1.54, 1.807) is 7.11 Å². The Morgan fingerprint density at radius 2 is 2.26 bits per heavy atom. The molecule has 0 radical (unpaired) electrons. The van der Waals surface area contributed by atoms with Crippen LogP contribution >= 0.6 is 22.9 Å². The van der Waals surface area contributed by atoms with Crippen LogP contribution in [0.3, 0.4) is 0 Å². The number of anilines is 1. The Bertz CT molecular complexity index is 533. The van der Waals surface area contributed by atoms with E-state index in [9.17, 15) is 5.11 Å². The van der Waals surface area contributed by atoms with Crippen molar-refractivity contribution in [2.75, 3.05) is 25.6 Å². The van der Waals surface area contributed by atoms with E-state index in [2.05, 4.69) is 10.3 Å². The first kappa shape index (κ1) is 14.3. The van der Waals surface area contributed by atoms with Crippen molar-refractivity contribution in [3.8, 4) is 11.3 Å². The Labute approximate surface area is 121 Å². The van der Waals surface area contributed by atoms with Crippen LogP contribution in [0.2, 0.25) is 5.02 Å². The number of benzene rings is 1. The lowest BCUT2D eigenvalue weighted by molar-refractivity contribution is 0.0727. The maximum absolute atomic E-state index is 9.55. The minimum atomic E-state index is -0.544. The molecule has 0 bridgehead atoms. The van der Waals surface area contributed by atoms with Crippen molar-refractivity contribution in [2.45, 2.75) is 6.10 Å². The zero-order chi connectivity index (χ0) is 13.7. The number of methoxy groups -OCH3 is 1. The maximum atomic E-state index is 9.55. The van der Waals surface area contributed by atoms with Crippen molar-refractivity contribution in [3.63, 3.8) is 0 Å². The summed E-state index contributed by atoms with van der Waals surface area (Å²) in [5.41, 5.74) is 1.74. The molecule has 2 aromatic rings. The fourth-order valence-electron chi connectivity index (χ4n) is 1.60. The molecule has 0 aliphatic rings. The van der Waals surface area contributed by atoms with Crippen LogP contribution in [0, 0.1) is 0 Å². The molecule has 6 heteroatoms. The van der Waals surface area contributed by atoms with E-state index in [0.717, 1.165) is 16.4 Å². The highest BCUT2D eigenvalue weighted by Gasteiger charge is 2.09. The van der Waals surface area contributed by atoms with Crippen molar-refractivity contribution < 1.29 is 9.84 Å². The highest BCUT2D eigenvalue weighted by Crippen LogP contribution is 2.30. The van der Waals surface area contributed by atoms with Gasteiger partial charge in [-0.15, -0.1) is 11.3 Å². The van der Waals surface area contributed by atoms with Gasteiger partial charge in [-0.2, -0.15) is 0 Å². The smallest absolute Gasteiger partial charge is 0.183 e. The van der Waals surface area contributed by atoms with Crippen LogP contribution in [-0.2, 0) is 4.74 Å². The number of rotatable bonds is 6. The Morgan fingerprint density at radius 1 is 1.47 bits per heavy atom. The van der Waals surface area contributed by atoms with E-state index < -0.39 is 6.10 Å². The highest BCUT2D eigenvalue weighted by molar-refractivity contribution is 7.14. The molecule has 0 saturated carbocycles. The number of nitrogens with one attached hydrogen (secondary N) is 1. The third-order valence-electron chi connectivity index (χ3n) is 2.50. The van der Waals surface area contributed by atoms with Crippen LogP contribution in [0.15, 0.2) is 29.6 Å². The predicted octanol–water partition coefficient (Wildman–Crippen LogP) is 2.88. The minimum Gasteiger partial charge on any atom is -0.389 e. The molecule has 4 nitrogen and oxygen atoms in total. The van der Waals surface area contributed by atoms with Crippen LogP contribution in [0.4, 0.5) is 5.13 Å². The van der Waals surface area contributed by atoms with Crippen molar-refractivity contribution in [2.24, 2.45) is 0 Å². The van der Waals surface area contributed by atoms with Crippen LogP contribution in [-0.4, -0.2) is 36.5 Å². The SMILES string of the molecule is COC[C@H](O)CNc1nc(-c2ccccc2Cl)cs1. The molecule has 19 heavy (non-hydrogen) atoms. The second-order valence-corrected chi connectivity index (χ2v) is 5.27. The summed E-state index contributed by atoms with van der Waals surface area (Å²) in [6.07, 6.45) is -0.544. The number of ether oxygens (including phenoxy) is 1. The average molecular weight is 299 g/mol. The van der Waals surface area contributed by atoms with Gasteiger partial charge in [-0.1, -0.05) is 29.8 Å². The monoisotopic (exact) mass is 298 g/mol. The lowest BCUT2D eigenvalue weighted by atomic mass is 10.2. The first-order chi connectivity index (χ1) is 9.20. The predicted molar refractivity (Wildman–Crippen MR) is 78.9 cm³/mol. The molecule has 0 unspecified atom stereocenters. The summed E-state index contributed by atoms with van der Waals surface area (Å²) >= 11 is 7.60. The molecular formula is C13H15ClN2O2S. The standard InChI is InChI=1S/C13H15ClN2O2S/c1-18-7-9(17)6-15-13-16-12(8-19-13)10-4-2-3-5-11(10)14/h2-5,8-9,17H,6-7H2,1H3,(H,15,16)/t9-/m1/s1. The van der Waals surface area contributed by atoms with Crippen molar-refractivity contribution in [3.05, 3.63) is 34.7 Å². The molecule has 1 atom stereocenters. The van der Waals surface area contributed by atoms with Gasteiger partial charge in [-0.05, 0) is 6.07 Å². The molecule has 0 spiro atoms. The van der Waals surface area contributed by atoms with Crippen molar-refractivity contribution >= 4 is 28.1 Å². The number of halogens is 1. The van der Waals surface area contributed by atoms with E-state index in [-0.39, 0.29) is 0 Å². The summed E-state index contributed by atoms with van der Waals surface area (Å²) in [7, 11) is 1.56. The second-order valence-electron chi connectivity index (χ2n) is 4.01. The number of nitrogens with zero attached hydrogens (tertiary/aromatic N) is 1. The fourth-order valence-corrected chi connectivity index (χ4v) is 2.56.